The predicted molar refractivity (Wildman–Crippen MR) is 620 cm³/mol. The molecular formula is C112H162N10O6S12. The van der Waals surface area contributed by atoms with Crippen LogP contribution in [0.15, 0.2) is 75.0 Å². The molecule has 768 valence electrons. The van der Waals surface area contributed by atoms with Crippen LogP contribution in [0.1, 0.15) is 464 Å². The molecule has 0 atom stereocenters. The molecule has 0 aromatic carbocycles. The molecule has 18 heterocycles. The van der Waals surface area contributed by atoms with Gasteiger partial charge < -0.3 is 26.5 Å². The van der Waals surface area contributed by atoms with Crippen molar-refractivity contribution in [3.05, 3.63) is 143 Å². The lowest BCUT2D eigenvalue weighted by Gasteiger charge is -2.15. The zero-order valence-corrected chi connectivity index (χ0v) is 104. The van der Waals surface area contributed by atoms with Gasteiger partial charge in [0, 0.05) is 109 Å². The fraction of sp³-hybridized carbons (Fsp3) is 0.607. The molecule has 0 radical (unpaired) electrons. The van der Waals surface area contributed by atoms with Crippen molar-refractivity contribution < 1.29 is 26.5 Å². The monoisotopic (exact) mass is 2130 g/mol. The highest BCUT2D eigenvalue weighted by atomic mass is 32.2. The summed E-state index contributed by atoms with van der Waals surface area (Å²) < 4.78 is 42.2. The topological polar surface area (TPSA) is 208 Å². The van der Waals surface area contributed by atoms with E-state index < -0.39 is 0 Å². The minimum Gasteiger partial charge on any atom is -0.430 e. The second kappa shape index (κ2) is 42.2. The van der Waals surface area contributed by atoms with E-state index in [4.69, 9.17) is 46.4 Å². The smallest absolute Gasteiger partial charge is 0.339 e. The van der Waals surface area contributed by atoms with Crippen LogP contribution < -0.4 is 0 Å². The minimum atomic E-state index is -0.120. The van der Waals surface area contributed by atoms with E-state index in [2.05, 4.69) is 342 Å². The summed E-state index contributed by atoms with van der Waals surface area (Å²) in [4.78, 5) is 59.0. The molecule has 0 N–H and O–H groups in total. The molecule has 28 heteroatoms. The van der Waals surface area contributed by atoms with Crippen LogP contribution in [0.25, 0.3) is 91.2 Å². The molecule has 140 heavy (non-hydrogen) atoms. The SMILES string of the molecule is CC(C)(C)c1cc2cc(C(C)(C)C)oc2o1.CC(C)(C)c1cc2sc(C(C)(C)C)nc2s1.CC(C)(C)c1cc2sc(C(C)(C)C)nc2s1.CC(C)(C)c1nc2nc(C(C)(C)C)oc2o1.CC(C)(C)c1nc2nc(C(C)(C)C)sc2s1.CC(C)(C)c1nc2oc(C(C)(C)C)nc2o1.CC(C)(C)c1nc2sc(C(C)(C)C)nc2s1.CC(C)c1cc2cc(C(C)C)sc2s1.CC(C)c1cc2sc(C(C)C)cc2s1. The van der Waals surface area contributed by atoms with E-state index >= 15 is 0 Å². The summed E-state index contributed by atoms with van der Waals surface area (Å²) in [5.74, 6) is 8.34. The van der Waals surface area contributed by atoms with Gasteiger partial charge in [0.15, 0.2) is 15.3 Å². The average molecular weight is 2130 g/mol. The molecule has 0 fully saturated rings. The summed E-state index contributed by atoms with van der Waals surface area (Å²) in [6.45, 7) is 109. The van der Waals surface area contributed by atoms with Gasteiger partial charge in [0.25, 0.3) is 17.2 Å². The third kappa shape index (κ3) is 30.0. The van der Waals surface area contributed by atoms with Crippen molar-refractivity contribution in [2.45, 2.75) is 446 Å². The fourth-order valence-corrected chi connectivity index (χ4v) is 26.4. The molecular weight excluding hydrogens is 1970 g/mol. The molecule has 18 aromatic heterocycles. The lowest BCUT2D eigenvalue weighted by Crippen LogP contribution is -2.12. The van der Waals surface area contributed by atoms with Crippen LogP contribution >= 0.6 is 136 Å². The average Bonchev–Trinajstić information content (AvgIpc) is 1.63. The highest BCUT2D eigenvalue weighted by molar-refractivity contribution is 7.39. The second-order valence-electron chi connectivity index (χ2n) is 52.3. The van der Waals surface area contributed by atoms with Crippen LogP contribution in [-0.2, 0) is 75.8 Å². The van der Waals surface area contributed by atoms with E-state index in [0.29, 0.717) is 75.9 Å². The Bertz CT molecular complexity index is 5420. The normalized spacial score (nSPS) is 13.3. The standard InChI is InChI=1S/C14H20O2.2C13H19NS2.2C12H18N2O2.2C12H18N2S2.2C12H16S2/c1-13(2,3)10-7-9-8-11(14(4,5)6)16-12(9)15-10;2*1-12(2,3)9-7-8-10(16-9)14-11(15-8)13(4,5)6;1-11(2,3)9-13-7-8(15-9)14-10(16-7)12(4,5)6;1-11(2,3)9-13-7-8(15-9)16-10(14-7)12(4,5)6;1-11(2,3)9-13-7-8(15-9)14-10(16-7)12(4,5)6;1-11(2,3)9-13-7-8(15-9)16-10(14-7)12(4,5)6;1-7(2)9-5-11-12(13-9)6-10(14-11)8(3)4;1-7(2)10-5-9-6-11(8(3)4)14-12(9)13-10/h7-8H,1-6H3;2*7H,1-6H3;4*1-6H3;2*5-8H,1-4H3. The first-order valence-electron chi connectivity index (χ1n) is 49.0. The molecule has 0 saturated carbocycles. The Hall–Kier alpha value is -6.28. The molecule has 18 rings (SSSR count). The first-order valence-corrected chi connectivity index (χ1v) is 58.8. The third-order valence-electron chi connectivity index (χ3n) is 21.4. The van der Waals surface area contributed by atoms with Crippen molar-refractivity contribution in [2.24, 2.45) is 0 Å². The second-order valence-corrected chi connectivity index (χ2v) is 65.3. The summed E-state index contributed by atoms with van der Waals surface area (Å²) in [7, 11) is 0. The molecule has 0 spiro atoms. The summed E-state index contributed by atoms with van der Waals surface area (Å²) in [6, 6.07) is 18.2. The van der Waals surface area contributed by atoms with Crippen LogP contribution in [0.2, 0.25) is 0 Å². The van der Waals surface area contributed by atoms with Gasteiger partial charge in [-0.25, -0.2) is 29.9 Å². The largest absolute Gasteiger partial charge is 0.430 e. The Labute approximate surface area is 884 Å². The number of thiophene rings is 6. The Morgan fingerprint density at radius 2 is 0.486 bits per heavy atom. The van der Waals surface area contributed by atoms with Crippen molar-refractivity contribution in [1.29, 1.82) is 0 Å². The molecule has 16 nitrogen and oxygen atoms in total. The van der Waals surface area contributed by atoms with Crippen LogP contribution in [-0.4, -0.2) is 49.8 Å². The van der Waals surface area contributed by atoms with Crippen molar-refractivity contribution in [3.63, 3.8) is 0 Å². The van der Waals surface area contributed by atoms with Crippen molar-refractivity contribution in [2.75, 3.05) is 0 Å². The van der Waals surface area contributed by atoms with Crippen LogP contribution in [0.4, 0.5) is 0 Å². The molecule has 0 aliphatic heterocycles. The summed E-state index contributed by atoms with van der Waals surface area (Å²) in [5.41, 5.74) is 3.43. The maximum atomic E-state index is 5.74. The van der Waals surface area contributed by atoms with E-state index in [1.807, 2.05) is 174 Å². The molecule has 0 unspecified atom stereocenters. The molecule has 0 amide bonds. The Balaban J connectivity index is 0.000000162. The number of furan rings is 2. The summed E-state index contributed by atoms with van der Waals surface area (Å²) >= 11 is 22.2. The fourth-order valence-electron chi connectivity index (χ4n) is 12.5. The number of aromatic nitrogens is 10. The van der Waals surface area contributed by atoms with Crippen LogP contribution in [0.3, 0.4) is 0 Å². The van der Waals surface area contributed by atoms with E-state index in [9.17, 15) is 0 Å². The summed E-state index contributed by atoms with van der Waals surface area (Å²) in [6.07, 6.45) is 0. The number of hydrogen-bond donors (Lipinski definition) is 0. The van der Waals surface area contributed by atoms with Crippen molar-refractivity contribution >= 4 is 227 Å². The van der Waals surface area contributed by atoms with Gasteiger partial charge in [0.2, 0.25) is 29.2 Å². The highest BCUT2D eigenvalue weighted by Gasteiger charge is 2.34. The Morgan fingerprint density at radius 3 is 0.736 bits per heavy atom. The Kier molecular flexibility index (Phi) is 34.8. The molecule has 18 aromatic rings. The van der Waals surface area contributed by atoms with Gasteiger partial charge in [0.1, 0.15) is 55.2 Å². The molecule has 0 aliphatic carbocycles. The summed E-state index contributed by atoms with van der Waals surface area (Å²) in [5, 5.41) is 9.73. The maximum Gasteiger partial charge on any atom is 0.339 e. The van der Waals surface area contributed by atoms with E-state index in [1.165, 1.54) is 101 Å². The molecule has 0 bridgehead atoms. The number of fused-ring (bicyclic) bond motifs is 9. The lowest BCUT2D eigenvalue weighted by atomic mass is 9.92. The number of hydrogen-bond acceptors (Lipinski definition) is 28. The Morgan fingerprint density at radius 1 is 0.200 bits per heavy atom. The number of oxazole rings is 4. The lowest BCUT2D eigenvalue weighted by molar-refractivity contribution is 0.340. The number of thiazole rings is 6. The highest BCUT2D eigenvalue weighted by Crippen LogP contribution is 2.47. The van der Waals surface area contributed by atoms with Gasteiger partial charge in [-0.2, -0.15) is 19.9 Å². The van der Waals surface area contributed by atoms with Gasteiger partial charge in [0.05, 0.1) is 18.8 Å². The predicted octanol–water partition coefficient (Wildman–Crippen LogP) is 40.5. The van der Waals surface area contributed by atoms with Crippen molar-refractivity contribution in [1.82, 2.24) is 49.8 Å². The van der Waals surface area contributed by atoms with Gasteiger partial charge >= 0.3 is 5.78 Å². The van der Waals surface area contributed by atoms with Gasteiger partial charge in [-0.1, -0.05) is 369 Å². The van der Waals surface area contributed by atoms with E-state index in [-0.39, 0.29) is 75.8 Å². The zero-order valence-electron chi connectivity index (χ0n) is 93.7. The van der Waals surface area contributed by atoms with E-state index in [0.717, 1.165) is 32.2 Å². The third-order valence-corrected chi connectivity index (χ3v) is 39.3. The van der Waals surface area contributed by atoms with Crippen LogP contribution in [0, 0.1) is 0 Å². The first-order chi connectivity index (χ1) is 63.4. The number of rotatable bonds is 4. The zero-order chi connectivity index (χ0) is 106. The quantitative estimate of drug-likeness (QED) is 0.160. The number of nitrogens with zero attached hydrogens (tertiary/aromatic N) is 10. The van der Waals surface area contributed by atoms with Crippen LogP contribution in [0.5, 0.6) is 0 Å². The van der Waals surface area contributed by atoms with Gasteiger partial charge in [-0.3, -0.25) is 0 Å². The molecule has 0 saturated heterocycles. The van der Waals surface area contributed by atoms with Crippen molar-refractivity contribution in [3.8, 4) is 0 Å². The first kappa shape index (κ1) is 116. The maximum absolute atomic E-state index is 5.74. The van der Waals surface area contributed by atoms with Gasteiger partial charge in [-0.15, -0.1) is 113 Å². The minimum absolute atomic E-state index is 0.0312. The van der Waals surface area contributed by atoms with E-state index in [1.54, 1.807) is 45.3 Å². The molecule has 0 aliphatic rings. The van der Waals surface area contributed by atoms with Gasteiger partial charge in [-0.05, 0) is 83.0 Å².